The van der Waals surface area contributed by atoms with Crippen LogP contribution in [-0.4, -0.2) is 41.8 Å². The number of aryl methyl sites for hydroxylation is 1. The van der Waals surface area contributed by atoms with Crippen molar-refractivity contribution in [1.82, 2.24) is 14.9 Å². The van der Waals surface area contributed by atoms with E-state index in [1.54, 1.807) is 0 Å². The van der Waals surface area contributed by atoms with E-state index in [9.17, 15) is 34.8 Å². The Labute approximate surface area is 138 Å². The second-order valence-corrected chi connectivity index (χ2v) is 5.68. The number of aromatic hydroxyl groups is 3. The number of nitrogens with two attached hydrogens (primary N) is 1. The fourth-order valence-corrected chi connectivity index (χ4v) is 2.85. The molecule has 25 heavy (non-hydrogen) atoms. The number of rotatable bonds is 1. The number of imide groups is 1. The molecule has 1 aliphatic rings. The van der Waals surface area contributed by atoms with Crippen molar-refractivity contribution in [3.63, 3.8) is 0 Å². The third-order valence-electron chi connectivity index (χ3n) is 4.14. The molecule has 1 fully saturated rings. The highest BCUT2D eigenvalue weighted by Crippen LogP contribution is 2.44. The number of piperidine rings is 1. The highest BCUT2D eigenvalue weighted by molar-refractivity contribution is 6.02. The van der Waals surface area contributed by atoms with Crippen molar-refractivity contribution in [2.24, 2.45) is 0 Å². The lowest BCUT2D eigenvalue weighted by Crippen LogP contribution is -2.58. The lowest BCUT2D eigenvalue weighted by atomic mass is 10.0. The first-order valence-corrected chi connectivity index (χ1v) is 7.12. The Balaban J connectivity index is 2.41. The molecule has 11 heteroatoms. The lowest BCUT2D eigenvalue weighted by molar-refractivity contribution is -0.161. The zero-order valence-electron chi connectivity index (χ0n) is 12.9. The summed E-state index contributed by atoms with van der Waals surface area (Å²) in [5, 5.41) is 41.4. The molecule has 2 amide bonds. The molecule has 1 unspecified atom stereocenters. The number of hydrogen-bond donors (Lipinski definition) is 6. The number of nitrogens with one attached hydrogen (secondary N) is 1. The largest absolute Gasteiger partial charge is 0.503 e. The number of amides is 2. The zero-order chi connectivity index (χ0) is 18.7. The smallest absolute Gasteiger partial charge is 0.280 e. The fraction of sp³-hybridized carbons (Fsp3) is 0.286. The topological polar surface area (TPSA) is 188 Å². The second kappa shape index (κ2) is 5.08. The summed E-state index contributed by atoms with van der Waals surface area (Å²) in [4.78, 5) is 40.1. The van der Waals surface area contributed by atoms with E-state index in [0.29, 0.717) is 4.57 Å². The molecule has 0 spiro atoms. The van der Waals surface area contributed by atoms with Crippen LogP contribution in [0.2, 0.25) is 0 Å². The SMILES string of the molecule is Cc1nc2c(O)c(O)c(O)c(N)c2c(=O)n1C1(O)CCC(=O)NC1=O. The lowest BCUT2D eigenvalue weighted by Gasteiger charge is -2.33. The van der Waals surface area contributed by atoms with Crippen LogP contribution in [0.15, 0.2) is 4.79 Å². The minimum Gasteiger partial charge on any atom is -0.503 e. The molecule has 11 nitrogen and oxygen atoms in total. The quantitative estimate of drug-likeness (QED) is 0.154. The van der Waals surface area contributed by atoms with Crippen molar-refractivity contribution in [3.8, 4) is 17.2 Å². The number of anilines is 1. The van der Waals surface area contributed by atoms with Crippen LogP contribution in [0.4, 0.5) is 5.69 Å². The van der Waals surface area contributed by atoms with Crippen molar-refractivity contribution < 1.29 is 30.0 Å². The zero-order valence-corrected chi connectivity index (χ0v) is 12.9. The number of phenolic OH excluding ortho intramolecular Hbond substituents is 3. The van der Waals surface area contributed by atoms with E-state index >= 15 is 0 Å². The van der Waals surface area contributed by atoms with Crippen LogP contribution in [0, 0.1) is 6.92 Å². The number of hydrogen-bond acceptors (Lipinski definition) is 9. The molecule has 2 aromatic rings. The van der Waals surface area contributed by atoms with Gasteiger partial charge in [0.25, 0.3) is 11.5 Å². The molecule has 0 saturated carbocycles. The molecule has 1 aromatic heterocycles. The summed E-state index contributed by atoms with van der Waals surface area (Å²) < 4.78 is 0.628. The van der Waals surface area contributed by atoms with E-state index in [1.807, 2.05) is 5.32 Å². The summed E-state index contributed by atoms with van der Waals surface area (Å²) in [5.74, 6) is -4.65. The number of benzene rings is 1. The van der Waals surface area contributed by atoms with Gasteiger partial charge in [0.1, 0.15) is 11.3 Å². The average Bonchev–Trinajstić information content (AvgIpc) is 2.54. The third-order valence-corrected chi connectivity index (χ3v) is 4.14. The molecule has 132 valence electrons. The van der Waals surface area contributed by atoms with Crippen LogP contribution < -0.4 is 16.6 Å². The van der Waals surface area contributed by atoms with Gasteiger partial charge in [-0.05, 0) is 6.92 Å². The van der Waals surface area contributed by atoms with Crippen LogP contribution >= 0.6 is 0 Å². The Kier molecular flexibility index (Phi) is 3.35. The number of carbonyl (C=O) groups is 2. The van der Waals surface area contributed by atoms with Crippen molar-refractivity contribution in [2.45, 2.75) is 25.5 Å². The summed E-state index contributed by atoms with van der Waals surface area (Å²) in [6, 6.07) is 0. The maximum Gasteiger partial charge on any atom is 0.280 e. The predicted octanol–water partition coefficient (Wildman–Crippen LogP) is -1.51. The number of aliphatic hydroxyl groups is 1. The van der Waals surface area contributed by atoms with Gasteiger partial charge in [0.15, 0.2) is 11.5 Å². The molecule has 3 rings (SSSR count). The van der Waals surface area contributed by atoms with Gasteiger partial charge in [-0.25, -0.2) is 4.98 Å². The summed E-state index contributed by atoms with van der Waals surface area (Å²) in [6.45, 7) is 1.28. The standard InChI is InChI=1S/C14H14N4O7/c1-4-16-8-6(7(15)9(20)11(22)10(8)21)12(23)18(4)14(25)3-2-5(19)17-13(14)24/h20-22,25H,2-3,15H2,1H3,(H,17,19,24). The number of nitrogen functional groups attached to an aromatic ring is 1. The van der Waals surface area contributed by atoms with Crippen molar-refractivity contribution in [2.75, 3.05) is 5.73 Å². The van der Waals surface area contributed by atoms with Gasteiger partial charge >= 0.3 is 0 Å². The molecule has 0 aliphatic carbocycles. The summed E-state index contributed by atoms with van der Waals surface area (Å²) >= 11 is 0. The van der Waals surface area contributed by atoms with Gasteiger partial charge in [-0.1, -0.05) is 0 Å². The van der Waals surface area contributed by atoms with E-state index in [-0.39, 0.29) is 18.7 Å². The average molecular weight is 350 g/mol. The Hall–Kier alpha value is -3.34. The van der Waals surface area contributed by atoms with Crippen LogP contribution in [-0.2, 0) is 15.3 Å². The molecular weight excluding hydrogens is 336 g/mol. The summed E-state index contributed by atoms with van der Waals surface area (Å²) in [5.41, 5.74) is 1.22. The molecule has 1 aromatic carbocycles. The number of carbonyl (C=O) groups excluding carboxylic acids is 2. The predicted molar refractivity (Wildman–Crippen MR) is 82.7 cm³/mol. The third kappa shape index (κ3) is 2.09. The highest BCUT2D eigenvalue weighted by Gasteiger charge is 2.45. The minimum absolute atomic E-state index is 0.177. The first-order valence-electron chi connectivity index (χ1n) is 7.12. The number of fused-ring (bicyclic) bond motifs is 1. The van der Waals surface area contributed by atoms with Crippen molar-refractivity contribution in [3.05, 3.63) is 16.2 Å². The van der Waals surface area contributed by atoms with Gasteiger partial charge in [0.2, 0.25) is 17.4 Å². The van der Waals surface area contributed by atoms with Crippen molar-refractivity contribution >= 4 is 28.4 Å². The van der Waals surface area contributed by atoms with Crippen LogP contribution in [0.25, 0.3) is 10.9 Å². The van der Waals surface area contributed by atoms with Crippen molar-refractivity contribution in [1.29, 1.82) is 0 Å². The van der Waals surface area contributed by atoms with Gasteiger partial charge in [-0.2, -0.15) is 0 Å². The summed E-state index contributed by atoms with van der Waals surface area (Å²) in [7, 11) is 0. The monoisotopic (exact) mass is 350 g/mol. The maximum absolute atomic E-state index is 12.8. The van der Waals surface area contributed by atoms with E-state index in [0.717, 1.165) is 0 Å². The van der Waals surface area contributed by atoms with E-state index in [4.69, 9.17) is 5.73 Å². The normalized spacial score (nSPS) is 20.7. The Morgan fingerprint density at radius 3 is 2.40 bits per heavy atom. The van der Waals surface area contributed by atoms with Gasteiger partial charge in [0, 0.05) is 12.8 Å². The Morgan fingerprint density at radius 1 is 1.16 bits per heavy atom. The molecule has 1 saturated heterocycles. The molecule has 7 N–H and O–H groups in total. The molecule has 0 bridgehead atoms. The van der Waals surface area contributed by atoms with Crippen LogP contribution in [0.1, 0.15) is 18.7 Å². The first-order chi connectivity index (χ1) is 11.6. The van der Waals surface area contributed by atoms with Gasteiger partial charge in [-0.3, -0.25) is 24.3 Å². The number of nitrogens with zero attached hydrogens (tertiary/aromatic N) is 2. The van der Waals surface area contributed by atoms with E-state index in [1.165, 1.54) is 6.92 Å². The van der Waals surface area contributed by atoms with Crippen LogP contribution in [0.5, 0.6) is 17.2 Å². The van der Waals surface area contributed by atoms with Gasteiger partial charge < -0.3 is 26.2 Å². The molecule has 2 heterocycles. The van der Waals surface area contributed by atoms with E-state index in [2.05, 4.69) is 4.98 Å². The van der Waals surface area contributed by atoms with Gasteiger partial charge in [0.05, 0.1) is 11.1 Å². The maximum atomic E-state index is 12.8. The van der Waals surface area contributed by atoms with Crippen LogP contribution in [0.3, 0.4) is 0 Å². The Bertz CT molecular complexity index is 1010. The van der Waals surface area contributed by atoms with E-state index < -0.39 is 56.9 Å². The molecule has 1 atom stereocenters. The molecule has 1 aliphatic heterocycles. The second-order valence-electron chi connectivity index (χ2n) is 5.68. The summed E-state index contributed by atoms with van der Waals surface area (Å²) in [6.07, 6.45) is -0.588. The van der Waals surface area contributed by atoms with Gasteiger partial charge in [-0.15, -0.1) is 0 Å². The minimum atomic E-state index is -2.40. The fourth-order valence-electron chi connectivity index (χ4n) is 2.85. The Morgan fingerprint density at radius 2 is 1.80 bits per heavy atom. The first kappa shape index (κ1) is 16.5. The number of aromatic nitrogens is 2. The molecule has 0 radical (unpaired) electrons. The number of phenols is 3. The highest BCUT2D eigenvalue weighted by atomic mass is 16.3. The molecular formula is C14H14N4O7.